The van der Waals surface area contributed by atoms with Crippen LogP contribution in [0, 0.1) is 13.8 Å². The summed E-state index contributed by atoms with van der Waals surface area (Å²) in [5.74, 6) is 0. The van der Waals surface area contributed by atoms with Crippen LogP contribution >= 0.6 is 11.6 Å². The molecule has 1 N–H and O–H groups in total. The Balaban J connectivity index is 2.33. The van der Waals surface area contributed by atoms with Gasteiger partial charge >= 0.3 is 0 Å². The lowest BCUT2D eigenvalue weighted by atomic mass is 9.92. The van der Waals surface area contributed by atoms with Crippen LogP contribution in [-0.2, 0) is 0 Å². The highest BCUT2D eigenvalue weighted by atomic mass is 35.5. The normalized spacial score (nSPS) is 21.7. The van der Waals surface area contributed by atoms with Crippen molar-refractivity contribution in [3.63, 3.8) is 0 Å². The predicted octanol–water partition coefficient (Wildman–Crippen LogP) is 3.77. The van der Waals surface area contributed by atoms with Crippen molar-refractivity contribution in [1.82, 2.24) is 5.32 Å². The first-order valence-electron chi connectivity index (χ1n) is 5.68. The summed E-state index contributed by atoms with van der Waals surface area (Å²) in [6, 6.07) is 4.67. The second-order valence-electron chi connectivity index (χ2n) is 4.44. The molecule has 1 unspecified atom stereocenters. The van der Waals surface area contributed by atoms with E-state index in [-0.39, 0.29) is 0 Å². The molecule has 0 radical (unpaired) electrons. The van der Waals surface area contributed by atoms with Gasteiger partial charge in [0, 0.05) is 11.1 Å². The van der Waals surface area contributed by atoms with Crippen LogP contribution in [0.5, 0.6) is 0 Å². The zero-order chi connectivity index (χ0) is 10.8. The van der Waals surface area contributed by atoms with E-state index in [4.69, 9.17) is 11.6 Å². The minimum absolute atomic E-state index is 0.510. The van der Waals surface area contributed by atoms with E-state index in [1.807, 2.05) is 6.07 Å². The molecular formula is C13H18ClN. The first kappa shape index (κ1) is 11.0. The van der Waals surface area contributed by atoms with Gasteiger partial charge in [-0.25, -0.2) is 0 Å². The van der Waals surface area contributed by atoms with Crippen molar-refractivity contribution < 1.29 is 0 Å². The molecule has 1 atom stereocenters. The van der Waals surface area contributed by atoms with Gasteiger partial charge in [-0.05, 0) is 62.1 Å². The Kier molecular flexibility index (Phi) is 3.32. The van der Waals surface area contributed by atoms with E-state index in [9.17, 15) is 0 Å². The van der Waals surface area contributed by atoms with Crippen LogP contribution in [0.15, 0.2) is 12.1 Å². The fraction of sp³-hybridized carbons (Fsp3) is 0.538. The molecular weight excluding hydrogens is 206 g/mol. The molecule has 0 spiro atoms. The van der Waals surface area contributed by atoms with Gasteiger partial charge in [-0.1, -0.05) is 18.0 Å². The number of piperidine rings is 1. The van der Waals surface area contributed by atoms with Gasteiger partial charge in [-0.2, -0.15) is 0 Å². The predicted molar refractivity (Wildman–Crippen MR) is 65.5 cm³/mol. The van der Waals surface area contributed by atoms with Crippen LogP contribution < -0.4 is 5.32 Å². The van der Waals surface area contributed by atoms with Crippen molar-refractivity contribution in [3.05, 3.63) is 33.8 Å². The highest BCUT2D eigenvalue weighted by Gasteiger charge is 2.17. The van der Waals surface area contributed by atoms with Crippen molar-refractivity contribution in [2.24, 2.45) is 0 Å². The third kappa shape index (κ3) is 2.35. The number of halogens is 1. The molecule has 0 saturated carbocycles. The van der Waals surface area contributed by atoms with Gasteiger partial charge in [-0.3, -0.25) is 0 Å². The van der Waals surface area contributed by atoms with Crippen molar-refractivity contribution >= 4 is 11.6 Å². The van der Waals surface area contributed by atoms with E-state index in [0.29, 0.717) is 6.04 Å². The standard InChI is InChI=1S/C13H18ClN/c1-9-7-11(14)8-12(10(9)2)13-5-3-4-6-15-13/h7-8,13,15H,3-6H2,1-2H3. The molecule has 1 aromatic carbocycles. The van der Waals surface area contributed by atoms with Crippen LogP contribution in [0.25, 0.3) is 0 Å². The first-order valence-corrected chi connectivity index (χ1v) is 6.06. The van der Waals surface area contributed by atoms with Crippen molar-refractivity contribution in [1.29, 1.82) is 0 Å². The monoisotopic (exact) mass is 223 g/mol. The summed E-state index contributed by atoms with van der Waals surface area (Å²) in [5, 5.41) is 4.43. The lowest BCUT2D eigenvalue weighted by molar-refractivity contribution is 0.411. The Morgan fingerprint density at radius 2 is 2.07 bits per heavy atom. The molecule has 15 heavy (non-hydrogen) atoms. The lowest BCUT2D eigenvalue weighted by Gasteiger charge is -2.26. The molecule has 1 nitrogen and oxygen atoms in total. The fourth-order valence-corrected chi connectivity index (χ4v) is 2.60. The number of rotatable bonds is 1. The van der Waals surface area contributed by atoms with Crippen molar-refractivity contribution in [3.8, 4) is 0 Å². The SMILES string of the molecule is Cc1cc(Cl)cc(C2CCCCN2)c1C. The lowest BCUT2D eigenvalue weighted by Crippen LogP contribution is -2.27. The maximum Gasteiger partial charge on any atom is 0.0412 e. The van der Waals surface area contributed by atoms with E-state index in [2.05, 4.69) is 25.2 Å². The largest absolute Gasteiger partial charge is 0.310 e. The van der Waals surface area contributed by atoms with Gasteiger partial charge in [0.15, 0.2) is 0 Å². The van der Waals surface area contributed by atoms with Crippen molar-refractivity contribution in [2.45, 2.75) is 39.2 Å². The Morgan fingerprint density at radius 1 is 1.27 bits per heavy atom. The maximum atomic E-state index is 6.11. The Bertz CT molecular complexity index is 354. The minimum atomic E-state index is 0.510. The van der Waals surface area contributed by atoms with E-state index in [1.165, 1.54) is 36.0 Å². The van der Waals surface area contributed by atoms with Gasteiger partial charge in [0.05, 0.1) is 0 Å². The van der Waals surface area contributed by atoms with Crippen LogP contribution in [0.3, 0.4) is 0 Å². The summed E-state index contributed by atoms with van der Waals surface area (Å²) in [7, 11) is 0. The van der Waals surface area contributed by atoms with Gasteiger partial charge in [-0.15, -0.1) is 0 Å². The van der Waals surface area contributed by atoms with Gasteiger partial charge in [0.25, 0.3) is 0 Å². The average Bonchev–Trinajstić information content (AvgIpc) is 2.24. The summed E-state index contributed by atoms with van der Waals surface area (Å²) in [4.78, 5) is 0. The molecule has 1 aromatic rings. The number of hydrogen-bond acceptors (Lipinski definition) is 1. The molecule has 2 rings (SSSR count). The Hall–Kier alpha value is -0.530. The molecule has 0 amide bonds. The zero-order valence-electron chi connectivity index (χ0n) is 9.44. The number of benzene rings is 1. The zero-order valence-corrected chi connectivity index (χ0v) is 10.2. The highest BCUT2D eigenvalue weighted by Crippen LogP contribution is 2.29. The minimum Gasteiger partial charge on any atom is -0.310 e. The third-order valence-electron chi connectivity index (χ3n) is 3.36. The summed E-state index contributed by atoms with van der Waals surface area (Å²) in [6.07, 6.45) is 3.86. The van der Waals surface area contributed by atoms with Crippen LogP contribution in [0.1, 0.15) is 42.0 Å². The summed E-state index contributed by atoms with van der Waals surface area (Å²) in [5.41, 5.74) is 4.07. The molecule has 2 heteroatoms. The van der Waals surface area contributed by atoms with Crippen LogP contribution in [-0.4, -0.2) is 6.54 Å². The van der Waals surface area contributed by atoms with E-state index in [1.54, 1.807) is 0 Å². The summed E-state index contributed by atoms with van der Waals surface area (Å²) >= 11 is 6.11. The third-order valence-corrected chi connectivity index (χ3v) is 3.58. The quantitative estimate of drug-likeness (QED) is 0.764. The number of aryl methyl sites for hydroxylation is 1. The highest BCUT2D eigenvalue weighted by molar-refractivity contribution is 6.30. The van der Waals surface area contributed by atoms with E-state index < -0.39 is 0 Å². The molecule has 0 aliphatic carbocycles. The number of nitrogens with one attached hydrogen (secondary N) is 1. The second kappa shape index (κ2) is 4.54. The fourth-order valence-electron chi connectivity index (χ4n) is 2.32. The van der Waals surface area contributed by atoms with Gasteiger partial charge in [0.1, 0.15) is 0 Å². The molecule has 1 fully saturated rings. The van der Waals surface area contributed by atoms with Gasteiger partial charge in [0.2, 0.25) is 0 Å². The first-order chi connectivity index (χ1) is 7.18. The molecule has 1 aliphatic heterocycles. The maximum absolute atomic E-state index is 6.11. The van der Waals surface area contributed by atoms with Crippen LogP contribution in [0.4, 0.5) is 0 Å². The van der Waals surface area contributed by atoms with Crippen LogP contribution in [0.2, 0.25) is 5.02 Å². The molecule has 1 aliphatic rings. The molecule has 82 valence electrons. The molecule has 0 bridgehead atoms. The summed E-state index contributed by atoms with van der Waals surface area (Å²) < 4.78 is 0. The van der Waals surface area contributed by atoms with Gasteiger partial charge < -0.3 is 5.32 Å². The Labute approximate surface area is 96.8 Å². The second-order valence-corrected chi connectivity index (χ2v) is 4.88. The topological polar surface area (TPSA) is 12.0 Å². The smallest absolute Gasteiger partial charge is 0.0412 e. The average molecular weight is 224 g/mol. The molecule has 0 aromatic heterocycles. The summed E-state index contributed by atoms with van der Waals surface area (Å²) in [6.45, 7) is 5.46. The van der Waals surface area contributed by atoms with Crippen molar-refractivity contribution in [2.75, 3.05) is 6.54 Å². The molecule has 1 heterocycles. The molecule has 1 saturated heterocycles. The van der Waals surface area contributed by atoms with E-state index in [0.717, 1.165) is 11.6 Å². The number of hydrogen-bond donors (Lipinski definition) is 1. The Morgan fingerprint density at radius 3 is 2.73 bits per heavy atom. The van der Waals surface area contributed by atoms with E-state index >= 15 is 0 Å².